The lowest BCUT2D eigenvalue weighted by Gasteiger charge is -2.14. The molecule has 0 aliphatic heterocycles. The lowest BCUT2D eigenvalue weighted by atomic mass is 10.0. The molecule has 0 unspecified atom stereocenters. The van der Waals surface area contributed by atoms with Crippen molar-refractivity contribution < 1.29 is 4.42 Å². The average molecular weight is 867 g/mol. The molecule has 0 spiro atoms. The predicted octanol–water partition coefficient (Wildman–Crippen LogP) is 16.7. The van der Waals surface area contributed by atoms with Crippen LogP contribution in [-0.4, -0.2) is 19.5 Å². The van der Waals surface area contributed by atoms with Crippen molar-refractivity contribution in [3.05, 3.63) is 231 Å². The van der Waals surface area contributed by atoms with Gasteiger partial charge in [0.15, 0.2) is 17.5 Å². The first-order valence-corrected chi connectivity index (χ1v) is 23.0. The quantitative estimate of drug-likeness (QED) is 0.167. The normalized spacial score (nSPS) is 11.8. The van der Waals surface area contributed by atoms with E-state index in [0.29, 0.717) is 17.5 Å². The zero-order valence-corrected chi connectivity index (χ0v) is 36.6. The number of rotatable bonds is 6. The molecule has 68 heavy (non-hydrogen) atoms. The van der Waals surface area contributed by atoms with Gasteiger partial charge in [-0.05, 0) is 80.2 Å². The average Bonchev–Trinajstić information content (AvgIpc) is 3.96. The number of aromatic nitrogens is 4. The van der Waals surface area contributed by atoms with E-state index in [-0.39, 0.29) is 0 Å². The summed E-state index contributed by atoms with van der Waals surface area (Å²) in [5, 5.41) is 11.3. The van der Waals surface area contributed by atoms with Gasteiger partial charge in [0, 0.05) is 49.1 Å². The fourth-order valence-electron chi connectivity index (χ4n) is 10.3. The number of benzene rings is 11. The Bertz CT molecular complexity index is 4300. The second-order valence-electron chi connectivity index (χ2n) is 17.6. The lowest BCUT2D eigenvalue weighted by Crippen LogP contribution is -2.02. The van der Waals surface area contributed by atoms with E-state index >= 15 is 0 Å². The van der Waals surface area contributed by atoms with E-state index in [1.54, 1.807) is 0 Å². The van der Waals surface area contributed by atoms with Gasteiger partial charge in [0.2, 0.25) is 0 Å². The van der Waals surface area contributed by atoms with Crippen LogP contribution in [0.3, 0.4) is 0 Å². The highest BCUT2D eigenvalue weighted by Crippen LogP contribution is 2.44. The maximum atomic E-state index is 7.15. The van der Waals surface area contributed by atoms with Crippen molar-refractivity contribution in [2.24, 2.45) is 0 Å². The van der Waals surface area contributed by atoms with Crippen LogP contribution < -0.4 is 0 Å². The van der Waals surface area contributed by atoms with Crippen molar-refractivity contribution in [2.75, 3.05) is 0 Å². The van der Waals surface area contributed by atoms with Gasteiger partial charge < -0.3 is 8.98 Å². The molecule has 0 radical (unpaired) electrons. The molecule has 0 amide bonds. The van der Waals surface area contributed by atoms with Gasteiger partial charge in [0.05, 0.1) is 16.6 Å². The number of nitrogens with zero attached hydrogens (tertiary/aromatic N) is 4. The summed E-state index contributed by atoms with van der Waals surface area (Å²) in [6.45, 7) is 0. The largest absolute Gasteiger partial charge is 0.455 e. The maximum Gasteiger partial charge on any atom is 0.167 e. The van der Waals surface area contributed by atoms with E-state index in [2.05, 4.69) is 223 Å². The van der Waals surface area contributed by atoms with Gasteiger partial charge in [-0.25, -0.2) is 15.0 Å². The van der Waals surface area contributed by atoms with Crippen molar-refractivity contribution in [1.82, 2.24) is 19.5 Å². The molecule has 0 aliphatic rings. The van der Waals surface area contributed by atoms with Crippen LogP contribution in [0.25, 0.3) is 138 Å². The van der Waals surface area contributed by atoms with Gasteiger partial charge in [-0.2, -0.15) is 0 Å². The first-order valence-electron chi connectivity index (χ1n) is 23.0. The van der Waals surface area contributed by atoms with E-state index in [1.807, 2.05) is 12.1 Å². The van der Waals surface area contributed by atoms with Crippen molar-refractivity contribution in [2.45, 2.75) is 0 Å². The fraction of sp³-hybridized carbons (Fsp3) is 0. The number of hydrogen-bond acceptors (Lipinski definition) is 4. The Hall–Kier alpha value is -9.19. The Kier molecular flexibility index (Phi) is 8.52. The summed E-state index contributed by atoms with van der Waals surface area (Å²) >= 11 is 0. The highest BCUT2D eigenvalue weighted by molar-refractivity contribution is 6.22. The molecular formula is C63H38N4O. The van der Waals surface area contributed by atoms with Gasteiger partial charge in [-0.1, -0.05) is 194 Å². The monoisotopic (exact) mass is 866 g/mol. The van der Waals surface area contributed by atoms with Crippen LogP contribution in [0.4, 0.5) is 0 Å². The zero-order valence-electron chi connectivity index (χ0n) is 36.6. The van der Waals surface area contributed by atoms with E-state index < -0.39 is 0 Å². The Balaban J connectivity index is 1.08. The lowest BCUT2D eigenvalue weighted by molar-refractivity contribution is 0.673. The van der Waals surface area contributed by atoms with Crippen molar-refractivity contribution in [1.29, 1.82) is 0 Å². The third-order valence-electron chi connectivity index (χ3n) is 13.6. The van der Waals surface area contributed by atoms with Crippen LogP contribution >= 0.6 is 0 Å². The molecule has 0 saturated heterocycles. The molecule has 0 N–H and O–H groups in total. The zero-order chi connectivity index (χ0) is 44.7. The third kappa shape index (κ3) is 6.14. The molecule has 3 aromatic heterocycles. The Morgan fingerprint density at radius 1 is 0.294 bits per heavy atom. The molecule has 5 heteroatoms. The summed E-state index contributed by atoms with van der Waals surface area (Å²) in [6, 6.07) is 81.7. The molecule has 5 nitrogen and oxygen atoms in total. The molecule has 0 saturated carbocycles. The van der Waals surface area contributed by atoms with Crippen LogP contribution in [0.15, 0.2) is 235 Å². The maximum absolute atomic E-state index is 7.15. The standard InChI is InChI=1S/C63H38N4O/c1-3-14-39(15-4-1)41-26-28-44(29-27-41)61-64-62(48-23-13-22-45(34-48)40-16-5-2-6-17-40)66-63(65-61)56-38-49(37-55-53-33-31-43-19-10-12-25-51(43)59(53)68-60(55)56)67-57-36-47-21-8-7-20-46(47)35-54(57)52-32-30-42-18-9-11-24-50(42)58(52)67/h1-38H. The summed E-state index contributed by atoms with van der Waals surface area (Å²) < 4.78 is 9.59. The highest BCUT2D eigenvalue weighted by Gasteiger charge is 2.24. The Morgan fingerprint density at radius 2 is 0.838 bits per heavy atom. The van der Waals surface area contributed by atoms with Crippen molar-refractivity contribution >= 4 is 76.1 Å². The minimum Gasteiger partial charge on any atom is -0.455 e. The highest BCUT2D eigenvalue weighted by atomic mass is 16.3. The van der Waals surface area contributed by atoms with Crippen LogP contribution in [0.2, 0.25) is 0 Å². The molecule has 11 aromatic carbocycles. The SMILES string of the molecule is c1ccc(-c2ccc(-c3nc(-c4cccc(-c5ccccc5)c4)nc(-c4cc(-n5c6cc7ccccc7cc6c6ccc7ccccc7c65)cc5c4oc4c6ccccc6ccc54)n3)cc2)cc1. The van der Waals surface area contributed by atoms with Crippen LogP contribution in [0.1, 0.15) is 0 Å². The van der Waals surface area contributed by atoms with Gasteiger partial charge in [0.1, 0.15) is 11.2 Å². The molecule has 0 atom stereocenters. The van der Waals surface area contributed by atoms with Gasteiger partial charge >= 0.3 is 0 Å². The van der Waals surface area contributed by atoms with Gasteiger partial charge in [0.25, 0.3) is 0 Å². The molecule has 316 valence electrons. The summed E-state index contributed by atoms with van der Waals surface area (Å²) in [6.07, 6.45) is 0. The van der Waals surface area contributed by atoms with E-state index in [1.165, 1.54) is 32.3 Å². The summed E-state index contributed by atoms with van der Waals surface area (Å²) in [5.74, 6) is 1.67. The molecule has 0 aliphatic carbocycles. The predicted molar refractivity (Wildman–Crippen MR) is 281 cm³/mol. The minimum atomic E-state index is 0.522. The topological polar surface area (TPSA) is 56.7 Å². The molecule has 14 aromatic rings. The summed E-state index contributed by atoms with van der Waals surface area (Å²) in [5.41, 5.74) is 11.8. The first-order chi connectivity index (χ1) is 33.7. The van der Waals surface area contributed by atoms with Crippen molar-refractivity contribution in [3.63, 3.8) is 0 Å². The Labute approximate surface area is 390 Å². The van der Waals surface area contributed by atoms with Crippen molar-refractivity contribution in [3.8, 4) is 62.1 Å². The molecule has 3 heterocycles. The first kappa shape index (κ1) is 38.1. The van der Waals surface area contributed by atoms with Crippen LogP contribution in [0.5, 0.6) is 0 Å². The number of furan rings is 1. The van der Waals surface area contributed by atoms with E-state index in [9.17, 15) is 0 Å². The molecule has 0 fully saturated rings. The minimum absolute atomic E-state index is 0.522. The smallest absolute Gasteiger partial charge is 0.167 e. The van der Waals surface area contributed by atoms with Crippen LogP contribution in [0, 0.1) is 0 Å². The molecule has 0 bridgehead atoms. The second kappa shape index (κ2) is 15.2. The second-order valence-corrected chi connectivity index (χ2v) is 17.6. The Morgan fingerprint density at radius 3 is 1.59 bits per heavy atom. The fourth-order valence-corrected chi connectivity index (χ4v) is 10.3. The van der Waals surface area contributed by atoms with Gasteiger partial charge in [-0.15, -0.1) is 0 Å². The van der Waals surface area contributed by atoms with E-state index in [0.717, 1.165) is 88.4 Å². The number of hydrogen-bond donors (Lipinski definition) is 0. The summed E-state index contributed by atoms with van der Waals surface area (Å²) in [4.78, 5) is 16.1. The third-order valence-corrected chi connectivity index (χ3v) is 13.6. The van der Waals surface area contributed by atoms with E-state index in [4.69, 9.17) is 19.4 Å². The molecule has 14 rings (SSSR count). The summed E-state index contributed by atoms with van der Waals surface area (Å²) in [7, 11) is 0. The molecular weight excluding hydrogens is 829 g/mol. The van der Waals surface area contributed by atoms with Gasteiger partial charge in [-0.3, -0.25) is 0 Å². The van der Waals surface area contributed by atoms with Crippen LogP contribution in [-0.2, 0) is 0 Å². The number of fused-ring (bicyclic) bond motifs is 11.